The van der Waals surface area contributed by atoms with E-state index in [9.17, 15) is 15.0 Å². The van der Waals surface area contributed by atoms with Crippen LogP contribution in [0.25, 0.3) is 0 Å². The van der Waals surface area contributed by atoms with Gasteiger partial charge in [-0.3, -0.25) is 4.79 Å². The zero-order chi connectivity index (χ0) is 12.3. The van der Waals surface area contributed by atoms with Crippen LogP contribution in [0.3, 0.4) is 0 Å². The monoisotopic (exact) mass is 235 g/mol. The number of aliphatic hydroxyl groups is 3. The molecule has 0 spiro atoms. The Labute approximate surface area is 93.0 Å². The highest BCUT2D eigenvalue weighted by atomic mass is 16.7. The van der Waals surface area contributed by atoms with Crippen molar-refractivity contribution in [3.8, 4) is 0 Å². The first kappa shape index (κ1) is 13.3. The quantitative estimate of drug-likeness (QED) is 0.433. The SMILES string of the molecule is CO[C@H]1O[C@@H](CO)[C@@H](O)[C@H](O)[C@H]1NC(C)=O. The number of hydrogen-bond acceptors (Lipinski definition) is 6. The third-order valence-corrected chi connectivity index (χ3v) is 2.48. The van der Waals surface area contributed by atoms with Crippen molar-refractivity contribution in [3.05, 3.63) is 0 Å². The van der Waals surface area contributed by atoms with Gasteiger partial charge in [-0.25, -0.2) is 0 Å². The van der Waals surface area contributed by atoms with Gasteiger partial charge in [-0.2, -0.15) is 0 Å². The lowest BCUT2D eigenvalue weighted by Crippen LogP contribution is -2.64. The fourth-order valence-electron chi connectivity index (χ4n) is 1.67. The van der Waals surface area contributed by atoms with E-state index in [-0.39, 0.29) is 5.91 Å². The first-order valence-electron chi connectivity index (χ1n) is 4.93. The van der Waals surface area contributed by atoms with Gasteiger partial charge in [0.15, 0.2) is 6.29 Å². The van der Waals surface area contributed by atoms with Crippen LogP contribution in [0.2, 0.25) is 0 Å². The molecule has 4 N–H and O–H groups in total. The first-order chi connectivity index (χ1) is 7.51. The number of aliphatic hydroxyl groups excluding tert-OH is 3. The lowest BCUT2D eigenvalue weighted by Gasteiger charge is -2.41. The number of ether oxygens (including phenoxy) is 2. The normalized spacial score (nSPS) is 39.4. The van der Waals surface area contributed by atoms with Gasteiger partial charge in [0.2, 0.25) is 5.91 Å². The largest absolute Gasteiger partial charge is 0.394 e. The summed E-state index contributed by atoms with van der Waals surface area (Å²) in [7, 11) is 1.35. The minimum Gasteiger partial charge on any atom is -0.394 e. The molecule has 0 unspecified atom stereocenters. The Morgan fingerprint density at radius 2 is 2.06 bits per heavy atom. The molecule has 16 heavy (non-hydrogen) atoms. The number of rotatable bonds is 3. The van der Waals surface area contributed by atoms with E-state index in [4.69, 9.17) is 14.6 Å². The van der Waals surface area contributed by atoms with Crippen molar-refractivity contribution in [2.45, 2.75) is 37.6 Å². The van der Waals surface area contributed by atoms with Crippen LogP contribution in [0.1, 0.15) is 6.92 Å². The Kier molecular flexibility index (Phi) is 4.63. The Balaban J connectivity index is 2.77. The third kappa shape index (κ3) is 2.69. The fourth-order valence-corrected chi connectivity index (χ4v) is 1.67. The third-order valence-electron chi connectivity index (χ3n) is 2.48. The van der Waals surface area contributed by atoms with Crippen molar-refractivity contribution >= 4 is 5.91 Å². The number of methoxy groups -OCH3 is 1. The predicted octanol–water partition coefficient (Wildman–Crippen LogP) is -2.42. The van der Waals surface area contributed by atoms with Gasteiger partial charge in [-0.1, -0.05) is 0 Å². The van der Waals surface area contributed by atoms with Crippen LogP contribution in [0.15, 0.2) is 0 Å². The highest BCUT2D eigenvalue weighted by molar-refractivity contribution is 5.73. The number of carbonyl (C=O) groups excluding carboxylic acids is 1. The lowest BCUT2D eigenvalue weighted by atomic mass is 9.97. The molecule has 1 rings (SSSR count). The second-order valence-corrected chi connectivity index (χ2v) is 3.67. The summed E-state index contributed by atoms with van der Waals surface area (Å²) >= 11 is 0. The average molecular weight is 235 g/mol. The van der Waals surface area contributed by atoms with E-state index in [1.54, 1.807) is 0 Å². The number of nitrogens with one attached hydrogen (secondary N) is 1. The molecule has 0 bridgehead atoms. The lowest BCUT2D eigenvalue weighted by molar-refractivity contribution is -0.262. The summed E-state index contributed by atoms with van der Waals surface area (Å²) < 4.78 is 10.1. The van der Waals surface area contributed by atoms with Crippen LogP contribution in [0.4, 0.5) is 0 Å². The van der Waals surface area contributed by atoms with Gasteiger partial charge in [0.1, 0.15) is 24.4 Å². The molecule has 94 valence electrons. The fraction of sp³-hybridized carbons (Fsp3) is 0.889. The van der Waals surface area contributed by atoms with Crippen molar-refractivity contribution in [3.63, 3.8) is 0 Å². The molecule has 7 nitrogen and oxygen atoms in total. The van der Waals surface area contributed by atoms with Crippen molar-refractivity contribution in [2.75, 3.05) is 13.7 Å². The molecule has 0 radical (unpaired) electrons. The van der Waals surface area contributed by atoms with Crippen molar-refractivity contribution in [1.82, 2.24) is 5.32 Å². The van der Waals surface area contributed by atoms with Crippen LogP contribution < -0.4 is 5.32 Å². The maximum Gasteiger partial charge on any atom is 0.217 e. The zero-order valence-corrected chi connectivity index (χ0v) is 9.16. The Bertz CT molecular complexity index is 246. The zero-order valence-electron chi connectivity index (χ0n) is 9.16. The second-order valence-electron chi connectivity index (χ2n) is 3.67. The van der Waals surface area contributed by atoms with Gasteiger partial charge < -0.3 is 30.1 Å². The Morgan fingerprint density at radius 1 is 1.44 bits per heavy atom. The predicted molar refractivity (Wildman–Crippen MR) is 52.4 cm³/mol. The molecule has 1 saturated heterocycles. The highest BCUT2D eigenvalue weighted by Gasteiger charge is 2.44. The summed E-state index contributed by atoms with van der Waals surface area (Å²) in [6.07, 6.45) is -4.35. The number of hydrogen-bond donors (Lipinski definition) is 4. The summed E-state index contributed by atoms with van der Waals surface area (Å²) in [5.74, 6) is -0.371. The van der Waals surface area contributed by atoms with Gasteiger partial charge >= 0.3 is 0 Å². The molecule has 1 aliphatic heterocycles. The van der Waals surface area contributed by atoms with E-state index in [0.29, 0.717) is 0 Å². The molecule has 0 aliphatic carbocycles. The van der Waals surface area contributed by atoms with Crippen LogP contribution in [-0.2, 0) is 14.3 Å². The molecular weight excluding hydrogens is 218 g/mol. The van der Waals surface area contributed by atoms with Gasteiger partial charge in [0.05, 0.1) is 6.61 Å². The van der Waals surface area contributed by atoms with Crippen LogP contribution in [0.5, 0.6) is 0 Å². The molecule has 1 fully saturated rings. The smallest absolute Gasteiger partial charge is 0.217 e. The summed E-state index contributed by atoms with van der Waals surface area (Å²) in [5.41, 5.74) is 0. The van der Waals surface area contributed by atoms with E-state index in [0.717, 1.165) is 0 Å². The summed E-state index contributed by atoms with van der Waals surface area (Å²) in [4.78, 5) is 10.9. The van der Waals surface area contributed by atoms with E-state index in [1.165, 1.54) is 14.0 Å². The minimum absolute atomic E-state index is 0.371. The molecule has 1 amide bonds. The van der Waals surface area contributed by atoms with Crippen LogP contribution >= 0.6 is 0 Å². The molecule has 5 atom stereocenters. The van der Waals surface area contributed by atoms with Crippen LogP contribution in [-0.4, -0.2) is 65.6 Å². The number of amides is 1. The second kappa shape index (κ2) is 5.55. The van der Waals surface area contributed by atoms with E-state index in [1.807, 2.05) is 0 Å². The molecule has 0 aromatic rings. The van der Waals surface area contributed by atoms with Crippen molar-refractivity contribution in [1.29, 1.82) is 0 Å². The summed E-state index contributed by atoms with van der Waals surface area (Å²) in [6.45, 7) is 0.842. The van der Waals surface area contributed by atoms with Gasteiger partial charge in [-0.15, -0.1) is 0 Å². The summed E-state index contributed by atoms with van der Waals surface area (Å²) in [5, 5.41) is 30.7. The van der Waals surface area contributed by atoms with Gasteiger partial charge in [-0.05, 0) is 0 Å². The molecule has 7 heteroatoms. The molecular formula is C9H17NO6. The number of carbonyl (C=O) groups is 1. The standard InChI is InChI=1S/C9H17NO6/c1-4(12)10-6-8(14)7(13)5(3-11)16-9(6)15-2/h5-9,11,13-14H,3H2,1-2H3,(H,10,12)/t5-,6+,7+,8+,9-/m0/s1. The van der Waals surface area contributed by atoms with Gasteiger partial charge in [0, 0.05) is 14.0 Å². The Morgan fingerprint density at radius 3 is 2.50 bits per heavy atom. The maximum atomic E-state index is 10.9. The molecule has 1 aliphatic rings. The minimum atomic E-state index is -1.27. The molecule has 0 aromatic heterocycles. The molecule has 1 heterocycles. The first-order valence-corrected chi connectivity index (χ1v) is 4.93. The van der Waals surface area contributed by atoms with Crippen molar-refractivity contribution in [2.24, 2.45) is 0 Å². The molecule has 0 aromatic carbocycles. The van der Waals surface area contributed by atoms with E-state index < -0.39 is 37.3 Å². The van der Waals surface area contributed by atoms with E-state index >= 15 is 0 Å². The highest BCUT2D eigenvalue weighted by Crippen LogP contribution is 2.21. The summed E-state index contributed by atoms with van der Waals surface area (Å²) in [6, 6.07) is -0.861. The van der Waals surface area contributed by atoms with Crippen molar-refractivity contribution < 1.29 is 29.6 Å². The van der Waals surface area contributed by atoms with Crippen LogP contribution in [0, 0.1) is 0 Å². The molecule has 0 saturated carbocycles. The van der Waals surface area contributed by atoms with Gasteiger partial charge in [0.25, 0.3) is 0 Å². The van der Waals surface area contributed by atoms with E-state index in [2.05, 4.69) is 5.32 Å². The Hall–Kier alpha value is -0.730. The maximum absolute atomic E-state index is 10.9. The average Bonchev–Trinajstić information content (AvgIpc) is 2.25. The topological polar surface area (TPSA) is 108 Å².